The second-order valence-corrected chi connectivity index (χ2v) is 7.53. The van der Waals surface area contributed by atoms with Crippen LogP contribution in [0.5, 0.6) is 0 Å². The van der Waals surface area contributed by atoms with Crippen molar-refractivity contribution in [3.8, 4) is 6.07 Å². The van der Waals surface area contributed by atoms with Crippen LogP contribution in [0.1, 0.15) is 23.7 Å². The molecule has 0 fully saturated rings. The number of esters is 1. The fourth-order valence-electron chi connectivity index (χ4n) is 2.78. The van der Waals surface area contributed by atoms with Crippen molar-refractivity contribution in [2.75, 3.05) is 0 Å². The van der Waals surface area contributed by atoms with Crippen LogP contribution in [0.4, 0.5) is 4.39 Å². The quantitative estimate of drug-likeness (QED) is 0.638. The third kappa shape index (κ3) is 3.15. The van der Waals surface area contributed by atoms with Crippen molar-refractivity contribution < 1.29 is 22.3 Å². The van der Waals surface area contributed by atoms with E-state index in [4.69, 9.17) is 10.00 Å². The van der Waals surface area contributed by atoms with Crippen molar-refractivity contribution in [3.05, 3.63) is 59.2 Å². The molecule has 27 heavy (non-hydrogen) atoms. The van der Waals surface area contributed by atoms with Crippen LogP contribution < -0.4 is 0 Å². The molecule has 3 rings (SSSR count). The van der Waals surface area contributed by atoms with Gasteiger partial charge in [-0.15, -0.1) is 0 Å². The van der Waals surface area contributed by atoms with Gasteiger partial charge in [-0.1, -0.05) is 0 Å². The Hall–Kier alpha value is -3.25. The van der Waals surface area contributed by atoms with Crippen molar-refractivity contribution in [2.45, 2.75) is 25.3 Å². The lowest BCUT2D eigenvalue weighted by Gasteiger charge is -2.10. The van der Waals surface area contributed by atoms with Gasteiger partial charge in [-0.05, 0) is 37.3 Å². The summed E-state index contributed by atoms with van der Waals surface area (Å²) >= 11 is 0. The molecule has 3 aromatic rings. The Bertz CT molecular complexity index is 1210. The second-order valence-electron chi connectivity index (χ2n) is 5.74. The van der Waals surface area contributed by atoms with Crippen molar-refractivity contribution in [1.82, 2.24) is 8.96 Å². The average molecular weight is 387 g/mol. The van der Waals surface area contributed by atoms with Gasteiger partial charge in [0, 0.05) is 29.8 Å². The van der Waals surface area contributed by atoms with Crippen LogP contribution in [-0.2, 0) is 26.2 Å². The normalized spacial score (nSPS) is 11.3. The molecule has 0 amide bonds. The Morgan fingerprint density at radius 1 is 1.37 bits per heavy atom. The lowest BCUT2D eigenvalue weighted by molar-refractivity contribution is -0.142. The van der Waals surface area contributed by atoms with Gasteiger partial charge in [-0.3, -0.25) is 4.79 Å². The Morgan fingerprint density at radius 3 is 2.78 bits per heavy atom. The number of pyridine rings is 1. The van der Waals surface area contributed by atoms with Gasteiger partial charge in [0.05, 0.1) is 10.5 Å². The molecular weight excluding hydrogens is 373 g/mol. The van der Waals surface area contributed by atoms with Gasteiger partial charge in [0.15, 0.2) is 5.65 Å². The molecule has 9 heteroatoms. The molecule has 2 aromatic heterocycles. The number of fused-ring (bicyclic) bond motifs is 1. The highest BCUT2D eigenvalue weighted by molar-refractivity contribution is 7.90. The van der Waals surface area contributed by atoms with Gasteiger partial charge in [0.25, 0.3) is 10.0 Å². The van der Waals surface area contributed by atoms with Gasteiger partial charge < -0.3 is 4.74 Å². The molecule has 0 radical (unpaired) electrons. The summed E-state index contributed by atoms with van der Waals surface area (Å²) in [4.78, 5) is 15.1. The van der Waals surface area contributed by atoms with Crippen molar-refractivity contribution in [1.29, 1.82) is 5.26 Å². The van der Waals surface area contributed by atoms with Crippen LogP contribution in [0, 0.1) is 24.1 Å². The van der Waals surface area contributed by atoms with Crippen LogP contribution in [0.25, 0.3) is 11.0 Å². The number of aromatic nitrogens is 2. The van der Waals surface area contributed by atoms with Gasteiger partial charge in [-0.25, -0.2) is 21.8 Å². The third-order valence-electron chi connectivity index (χ3n) is 4.06. The third-order valence-corrected chi connectivity index (χ3v) is 5.84. The predicted octanol–water partition coefficient (Wildman–Crippen LogP) is 2.66. The fraction of sp³-hybridized carbons (Fsp3) is 0.167. The zero-order chi connectivity index (χ0) is 19.8. The fourth-order valence-corrected chi connectivity index (χ4v) is 4.34. The summed E-state index contributed by atoms with van der Waals surface area (Å²) in [5.41, 5.74) is 0.588. The molecule has 0 unspecified atom stereocenters. The van der Waals surface area contributed by atoms with Crippen LogP contribution in [-0.4, -0.2) is 23.3 Å². The lowest BCUT2D eigenvalue weighted by Crippen LogP contribution is -2.15. The van der Waals surface area contributed by atoms with Gasteiger partial charge in [0.1, 0.15) is 18.5 Å². The van der Waals surface area contributed by atoms with Crippen LogP contribution in [0.15, 0.2) is 41.4 Å². The van der Waals surface area contributed by atoms with E-state index in [9.17, 15) is 17.6 Å². The summed E-state index contributed by atoms with van der Waals surface area (Å²) in [5.74, 6) is -1.31. The van der Waals surface area contributed by atoms with Gasteiger partial charge in [0.2, 0.25) is 0 Å². The van der Waals surface area contributed by atoms with Gasteiger partial charge >= 0.3 is 5.97 Å². The predicted molar refractivity (Wildman–Crippen MR) is 93.6 cm³/mol. The summed E-state index contributed by atoms with van der Waals surface area (Å²) in [7, 11) is -4.17. The lowest BCUT2D eigenvalue weighted by atomic mass is 10.2. The van der Waals surface area contributed by atoms with Crippen molar-refractivity contribution in [3.63, 3.8) is 0 Å². The molecular formula is C18H14FN3O4S. The van der Waals surface area contributed by atoms with Gasteiger partial charge in [-0.2, -0.15) is 5.26 Å². The number of hydrogen-bond acceptors (Lipinski definition) is 6. The van der Waals surface area contributed by atoms with Crippen LogP contribution in [0.2, 0.25) is 0 Å². The molecule has 2 heterocycles. The number of nitriles is 1. The van der Waals surface area contributed by atoms with Crippen LogP contribution in [0.3, 0.4) is 0 Å². The number of hydrogen-bond donors (Lipinski definition) is 0. The molecule has 0 saturated heterocycles. The van der Waals surface area contributed by atoms with E-state index in [1.165, 1.54) is 13.1 Å². The molecule has 0 aliphatic rings. The molecule has 1 aromatic carbocycles. The number of carbonyl (C=O) groups is 1. The number of carbonyl (C=O) groups excluding carboxylic acids is 1. The Balaban J connectivity index is 2.26. The van der Waals surface area contributed by atoms with E-state index < -0.39 is 21.8 Å². The topological polar surface area (TPSA) is 102 Å². The minimum Gasteiger partial charge on any atom is -0.461 e. The van der Waals surface area contributed by atoms with E-state index in [1.807, 2.05) is 0 Å². The molecule has 7 nitrogen and oxygen atoms in total. The molecule has 0 aliphatic heterocycles. The molecule has 0 atom stereocenters. The molecule has 0 aliphatic carbocycles. The highest BCUT2D eigenvalue weighted by atomic mass is 32.2. The number of halogens is 1. The molecule has 0 bridgehead atoms. The zero-order valence-corrected chi connectivity index (χ0v) is 15.2. The minimum absolute atomic E-state index is 0.112. The largest absolute Gasteiger partial charge is 0.461 e. The Labute approximate surface area is 154 Å². The Morgan fingerprint density at radius 2 is 2.11 bits per heavy atom. The van der Waals surface area contributed by atoms with E-state index in [-0.39, 0.29) is 22.7 Å². The van der Waals surface area contributed by atoms with E-state index in [0.717, 1.165) is 22.2 Å². The smallest absolute Gasteiger partial charge is 0.302 e. The molecule has 0 saturated carbocycles. The highest BCUT2D eigenvalue weighted by Crippen LogP contribution is 2.29. The molecule has 0 N–H and O–H groups in total. The average Bonchev–Trinajstić information content (AvgIpc) is 2.92. The standard InChI is InChI=1S/C18H14FN3O4S/c1-11-16(10-26-12(2)23)15-4-3-7-21-18(15)22(11)27(24,25)14-5-6-17(19)13(8-14)9-20/h3-8H,10H2,1-2H3. The number of rotatable bonds is 4. The first-order valence-electron chi connectivity index (χ1n) is 7.81. The maximum absolute atomic E-state index is 13.6. The first-order valence-corrected chi connectivity index (χ1v) is 9.25. The first kappa shape index (κ1) is 18.5. The molecule has 138 valence electrons. The summed E-state index contributed by atoms with van der Waals surface area (Å²) < 4.78 is 46.0. The summed E-state index contributed by atoms with van der Waals surface area (Å²) in [6.07, 6.45) is 1.44. The first-order chi connectivity index (χ1) is 12.8. The maximum atomic E-state index is 13.6. The maximum Gasteiger partial charge on any atom is 0.302 e. The SMILES string of the molecule is CC(=O)OCc1c(C)n(S(=O)(=O)c2ccc(F)c(C#N)c2)c2ncccc12. The summed E-state index contributed by atoms with van der Waals surface area (Å²) in [5, 5.41) is 9.50. The van der Waals surface area contributed by atoms with E-state index >= 15 is 0 Å². The summed E-state index contributed by atoms with van der Waals surface area (Å²) in [6, 6.07) is 7.94. The highest BCUT2D eigenvalue weighted by Gasteiger charge is 2.26. The number of benzene rings is 1. The molecule has 0 spiro atoms. The van der Waals surface area contributed by atoms with Crippen molar-refractivity contribution >= 4 is 27.0 Å². The summed E-state index contributed by atoms with van der Waals surface area (Å²) in [6.45, 7) is 2.71. The van der Waals surface area contributed by atoms with E-state index in [2.05, 4.69) is 4.98 Å². The second kappa shape index (κ2) is 6.81. The minimum atomic E-state index is -4.17. The monoisotopic (exact) mass is 387 g/mol. The number of ether oxygens (including phenoxy) is 1. The Kier molecular flexibility index (Phi) is 4.68. The number of nitrogens with zero attached hydrogens (tertiary/aromatic N) is 3. The van der Waals surface area contributed by atoms with E-state index in [0.29, 0.717) is 16.6 Å². The van der Waals surface area contributed by atoms with Crippen molar-refractivity contribution in [2.24, 2.45) is 0 Å². The zero-order valence-electron chi connectivity index (χ0n) is 14.4. The van der Waals surface area contributed by atoms with E-state index in [1.54, 1.807) is 25.1 Å². The van der Waals surface area contributed by atoms with Crippen LogP contribution >= 0.6 is 0 Å².